The molecule has 0 unspecified atom stereocenters. The molecular formula is C16H17Cl2N5O2. The van der Waals surface area contributed by atoms with Crippen LogP contribution in [0.5, 0.6) is 0 Å². The Labute approximate surface area is 155 Å². The zero-order valence-electron chi connectivity index (χ0n) is 13.4. The molecule has 1 N–H and O–H groups in total. The summed E-state index contributed by atoms with van der Waals surface area (Å²) in [6.07, 6.45) is 3.14. The van der Waals surface area contributed by atoms with E-state index in [0.29, 0.717) is 40.7 Å². The Kier molecular flexibility index (Phi) is 4.64. The van der Waals surface area contributed by atoms with Gasteiger partial charge in [0.15, 0.2) is 11.6 Å². The fourth-order valence-corrected chi connectivity index (χ4v) is 3.51. The van der Waals surface area contributed by atoms with Crippen LogP contribution in [0.4, 0.5) is 17.5 Å². The van der Waals surface area contributed by atoms with Crippen molar-refractivity contribution in [2.24, 2.45) is 0 Å². The van der Waals surface area contributed by atoms with Crippen molar-refractivity contribution in [1.29, 1.82) is 0 Å². The van der Waals surface area contributed by atoms with Crippen molar-refractivity contribution >= 4 is 40.7 Å². The Morgan fingerprint density at radius 1 is 1.12 bits per heavy atom. The first-order valence-electron chi connectivity index (χ1n) is 8.08. The number of nitrogens with one attached hydrogen (secondary N) is 1. The maximum Gasteiger partial charge on any atom is 0.247 e. The number of benzene rings is 1. The van der Waals surface area contributed by atoms with Gasteiger partial charge in [-0.3, -0.25) is 0 Å². The molecule has 2 aromatic rings. The normalized spacial score (nSPS) is 19.4. The zero-order valence-corrected chi connectivity index (χ0v) is 14.9. The maximum absolute atomic E-state index is 6.19. The predicted molar refractivity (Wildman–Crippen MR) is 95.7 cm³/mol. The molecule has 7 nitrogen and oxygen atoms in total. The van der Waals surface area contributed by atoms with Gasteiger partial charge in [0.2, 0.25) is 5.95 Å². The Morgan fingerprint density at radius 2 is 1.88 bits per heavy atom. The van der Waals surface area contributed by atoms with Crippen molar-refractivity contribution in [2.45, 2.75) is 18.6 Å². The highest BCUT2D eigenvalue weighted by atomic mass is 35.5. The first kappa shape index (κ1) is 16.8. The van der Waals surface area contributed by atoms with Crippen LogP contribution in [-0.2, 0) is 9.47 Å². The third-order valence-corrected chi connectivity index (χ3v) is 4.91. The van der Waals surface area contributed by atoms with Crippen LogP contribution in [0.15, 0.2) is 24.4 Å². The molecule has 2 saturated heterocycles. The third kappa shape index (κ3) is 3.64. The molecule has 0 bridgehead atoms. The van der Waals surface area contributed by atoms with Crippen LogP contribution in [0.25, 0.3) is 0 Å². The molecule has 2 fully saturated rings. The number of halogens is 2. The van der Waals surface area contributed by atoms with Gasteiger partial charge in [-0.15, -0.1) is 5.10 Å². The summed E-state index contributed by atoms with van der Waals surface area (Å²) in [5, 5.41) is 12.4. The average Bonchev–Trinajstić information content (AvgIpc) is 3.06. The molecule has 4 rings (SSSR count). The third-order valence-electron chi connectivity index (χ3n) is 4.36. The van der Waals surface area contributed by atoms with Crippen LogP contribution in [-0.4, -0.2) is 47.3 Å². The molecular weight excluding hydrogens is 365 g/mol. The zero-order chi connectivity index (χ0) is 17.3. The second-order valence-electron chi connectivity index (χ2n) is 5.99. The topological polar surface area (TPSA) is 72.4 Å². The van der Waals surface area contributed by atoms with Crippen LogP contribution in [0.3, 0.4) is 0 Å². The van der Waals surface area contributed by atoms with E-state index in [-0.39, 0.29) is 0 Å². The van der Waals surface area contributed by atoms with E-state index in [1.54, 1.807) is 24.4 Å². The molecule has 0 amide bonds. The minimum absolute atomic E-state index is 0.420. The number of piperidine rings is 1. The van der Waals surface area contributed by atoms with Crippen molar-refractivity contribution < 1.29 is 9.47 Å². The van der Waals surface area contributed by atoms with Crippen molar-refractivity contribution in [2.75, 3.05) is 36.5 Å². The fraction of sp³-hybridized carbons (Fsp3) is 0.438. The van der Waals surface area contributed by atoms with Gasteiger partial charge in [0.25, 0.3) is 0 Å². The summed E-state index contributed by atoms with van der Waals surface area (Å²) in [7, 11) is 0. The van der Waals surface area contributed by atoms with E-state index in [0.717, 1.165) is 25.9 Å². The number of aromatic nitrogens is 3. The monoisotopic (exact) mass is 381 g/mol. The minimum Gasteiger partial charge on any atom is -0.347 e. The molecule has 2 aliphatic heterocycles. The molecule has 1 aromatic carbocycles. The molecule has 132 valence electrons. The van der Waals surface area contributed by atoms with Crippen LogP contribution in [0.1, 0.15) is 12.8 Å². The van der Waals surface area contributed by atoms with E-state index in [1.807, 2.05) is 0 Å². The van der Waals surface area contributed by atoms with Crippen molar-refractivity contribution in [3.63, 3.8) is 0 Å². The Hall–Kier alpha value is -1.67. The van der Waals surface area contributed by atoms with E-state index < -0.39 is 5.79 Å². The standard InChI is InChI=1S/C16H17Cl2N5O2/c17-11-1-2-13(12(18)9-11)20-14-10-19-22-15(21-14)23-5-3-16(4-6-23)24-7-8-25-16/h1-2,9-10H,3-8H2,(H,20,21,22). The Balaban J connectivity index is 1.46. The van der Waals surface area contributed by atoms with Crippen LogP contribution >= 0.6 is 23.2 Å². The summed E-state index contributed by atoms with van der Waals surface area (Å²) in [6.45, 7) is 2.85. The highest BCUT2D eigenvalue weighted by molar-refractivity contribution is 6.36. The lowest BCUT2D eigenvalue weighted by atomic mass is 10.0. The molecule has 0 atom stereocenters. The molecule has 25 heavy (non-hydrogen) atoms. The highest BCUT2D eigenvalue weighted by Gasteiger charge is 2.40. The summed E-state index contributed by atoms with van der Waals surface area (Å²) in [5.74, 6) is 0.724. The van der Waals surface area contributed by atoms with Gasteiger partial charge in [-0.2, -0.15) is 10.1 Å². The van der Waals surface area contributed by atoms with Gasteiger partial charge >= 0.3 is 0 Å². The molecule has 0 saturated carbocycles. The molecule has 1 aromatic heterocycles. The maximum atomic E-state index is 6.19. The summed E-state index contributed by atoms with van der Waals surface area (Å²) >= 11 is 12.1. The smallest absolute Gasteiger partial charge is 0.247 e. The Morgan fingerprint density at radius 3 is 2.60 bits per heavy atom. The van der Waals surface area contributed by atoms with Gasteiger partial charge < -0.3 is 19.7 Å². The van der Waals surface area contributed by atoms with Crippen molar-refractivity contribution in [1.82, 2.24) is 15.2 Å². The second kappa shape index (κ2) is 6.92. The lowest BCUT2D eigenvalue weighted by Gasteiger charge is -2.37. The molecule has 0 radical (unpaired) electrons. The lowest BCUT2D eigenvalue weighted by Crippen LogP contribution is -2.45. The van der Waals surface area contributed by atoms with Gasteiger partial charge in [-0.05, 0) is 18.2 Å². The van der Waals surface area contributed by atoms with Crippen molar-refractivity contribution in [3.05, 3.63) is 34.4 Å². The van der Waals surface area contributed by atoms with Gasteiger partial charge in [0.1, 0.15) is 0 Å². The number of ether oxygens (including phenoxy) is 2. The van der Waals surface area contributed by atoms with Crippen LogP contribution in [0, 0.1) is 0 Å². The summed E-state index contributed by atoms with van der Waals surface area (Å²) in [6, 6.07) is 5.23. The molecule has 3 heterocycles. The van der Waals surface area contributed by atoms with Gasteiger partial charge in [0.05, 0.1) is 30.1 Å². The van der Waals surface area contributed by atoms with E-state index in [4.69, 9.17) is 32.7 Å². The van der Waals surface area contributed by atoms with Gasteiger partial charge in [-0.25, -0.2) is 0 Å². The fourth-order valence-electron chi connectivity index (χ4n) is 3.05. The number of rotatable bonds is 3. The number of nitrogens with zero attached hydrogens (tertiary/aromatic N) is 4. The van der Waals surface area contributed by atoms with E-state index in [9.17, 15) is 0 Å². The number of hydrogen-bond donors (Lipinski definition) is 1. The van der Waals surface area contributed by atoms with E-state index >= 15 is 0 Å². The summed E-state index contributed by atoms with van der Waals surface area (Å²) in [4.78, 5) is 6.62. The predicted octanol–water partition coefficient (Wildman–Crippen LogP) is 3.27. The van der Waals surface area contributed by atoms with Crippen LogP contribution < -0.4 is 10.2 Å². The SMILES string of the molecule is Clc1ccc(Nc2cnnc(N3CCC4(CC3)OCCO4)n2)c(Cl)c1. The van der Waals surface area contributed by atoms with Gasteiger partial charge in [0, 0.05) is 31.0 Å². The van der Waals surface area contributed by atoms with Gasteiger partial charge in [-0.1, -0.05) is 23.2 Å². The summed E-state index contributed by atoms with van der Waals surface area (Å²) < 4.78 is 11.5. The number of hydrogen-bond acceptors (Lipinski definition) is 7. The minimum atomic E-state index is -0.420. The van der Waals surface area contributed by atoms with Crippen molar-refractivity contribution in [3.8, 4) is 0 Å². The molecule has 1 spiro atoms. The van der Waals surface area contributed by atoms with E-state index in [1.165, 1.54) is 0 Å². The Bertz CT molecular complexity index is 760. The lowest BCUT2D eigenvalue weighted by molar-refractivity contribution is -0.169. The molecule has 2 aliphatic rings. The molecule has 0 aliphatic carbocycles. The first-order chi connectivity index (χ1) is 12.1. The summed E-state index contributed by atoms with van der Waals surface area (Å²) in [5.41, 5.74) is 0.711. The van der Waals surface area contributed by atoms with E-state index in [2.05, 4.69) is 25.4 Å². The first-order valence-corrected chi connectivity index (χ1v) is 8.84. The quantitative estimate of drug-likeness (QED) is 0.874. The second-order valence-corrected chi connectivity index (χ2v) is 6.83. The molecule has 9 heteroatoms. The van der Waals surface area contributed by atoms with Crippen LogP contribution in [0.2, 0.25) is 10.0 Å². The highest BCUT2D eigenvalue weighted by Crippen LogP contribution is 2.32. The largest absolute Gasteiger partial charge is 0.347 e. The number of anilines is 3. The average molecular weight is 382 g/mol.